The summed E-state index contributed by atoms with van der Waals surface area (Å²) in [6.07, 6.45) is -1.79. The van der Waals surface area contributed by atoms with Crippen LogP contribution in [0.3, 0.4) is 0 Å². The molecule has 0 saturated heterocycles. The third-order valence-electron chi connectivity index (χ3n) is 3.79. The topological polar surface area (TPSA) is 33.3 Å². The summed E-state index contributed by atoms with van der Waals surface area (Å²) in [5, 5.41) is 6.10. The van der Waals surface area contributed by atoms with E-state index in [1.807, 2.05) is 24.3 Å². The number of hydrogen-bond acceptors (Lipinski definition) is 2. The van der Waals surface area contributed by atoms with Crippen molar-refractivity contribution in [2.45, 2.75) is 32.4 Å². The van der Waals surface area contributed by atoms with E-state index < -0.39 is 11.7 Å². The summed E-state index contributed by atoms with van der Waals surface area (Å²) in [5.41, 5.74) is 0.726. The normalized spacial score (nSPS) is 11.1. The highest BCUT2D eigenvalue weighted by Crippen LogP contribution is 2.30. The highest BCUT2D eigenvalue weighted by Gasteiger charge is 2.30. The van der Waals surface area contributed by atoms with Gasteiger partial charge in [-0.2, -0.15) is 13.2 Å². The summed E-state index contributed by atoms with van der Waals surface area (Å²) in [6, 6.07) is 12.9. The summed E-state index contributed by atoms with van der Waals surface area (Å²) in [5.74, 6) is 0.893. The molecule has 0 aliphatic heterocycles. The molecule has 0 saturated carbocycles. The molecule has 3 nitrogen and oxygen atoms in total. The van der Waals surface area contributed by atoms with Crippen LogP contribution < -0.4 is 15.4 Å². The Hall–Kier alpha value is -2.28. The van der Waals surface area contributed by atoms with Crippen LogP contribution in [0.4, 0.5) is 18.9 Å². The number of halogens is 3. The number of hydrogen-bond donors (Lipinski definition) is 2. The van der Waals surface area contributed by atoms with E-state index in [4.69, 9.17) is 17.0 Å². The molecule has 0 radical (unpaired) electrons. The summed E-state index contributed by atoms with van der Waals surface area (Å²) in [7, 11) is 0. The SMILES string of the molecule is CCCOc1ccccc1CCCNC(=S)Nc1cccc(C(F)(F)F)c1. The van der Waals surface area contributed by atoms with Crippen LogP contribution in [-0.4, -0.2) is 18.3 Å². The standard InChI is InChI=1S/C20H23F3N2OS/c1-2-13-26-18-11-4-3-7-15(18)8-6-12-24-19(27)25-17-10-5-9-16(14-17)20(21,22)23/h3-5,7,9-11,14H,2,6,8,12-13H2,1H3,(H2,24,25,27). The van der Waals surface area contributed by atoms with Crippen LogP contribution in [0.1, 0.15) is 30.9 Å². The summed E-state index contributed by atoms with van der Waals surface area (Å²) >= 11 is 5.16. The maximum absolute atomic E-state index is 12.7. The first-order valence-corrected chi connectivity index (χ1v) is 9.24. The van der Waals surface area contributed by atoms with Crippen LogP contribution in [-0.2, 0) is 12.6 Å². The number of thiocarbonyl (C=S) groups is 1. The number of anilines is 1. The minimum Gasteiger partial charge on any atom is -0.493 e. The second-order valence-electron chi connectivity index (χ2n) is 6.02. The number of alkyl halides is 3. The number of nitrogens with one attached hydrogen (secondary N) is 2. The van der Waals surface area contributed by atoms with Crippen molar-refractivity contribution in [2.75, 3.05) is 18.5 Å². The summed E-state index contributed by atoms with van der Waals surface area (Å²) in [6.45, 7) is 3.35. The average molecular weight is 396 g/mol. The first-order chi connectivity index (χ1) is 12.9. The van der Waals surface area contributed by atoms with Gasteiger partial charge in [-0.15, -0.1) is 0 Å². The fourth-order valence-electron chi connectivity index (χ4n) is 2.49. The van der Waals surface area contributed by atoms with Gasteiger partial charge in [0, 0.05) is 12.2 Å². The van der Waals surface area contributed by atoms with E-state index in [2.05, 4.69) is 17.6 Å². The molecule has 2 rings (SSSR count). The molecule has 2 aromatic carbocycles. The lowest BCUT2D eigenvalue weighted by molar-refractivity contribution is -0.137. The highest BCUT2D eigenvalue weighted by molar-refractivity contribution is 7.80. The van der Waals surface area contributed by atoms with Crippen LogP contribution in [0.2, 0.25) is 0 Å². The molecule has 0 unspecified atom stereocenters. The van der Waals surface area contributed by atoms with E-state index in [1.54, 1.807) is 6.07 Å². The largest absolute Gasteiger partial charge is 0.493 e. The van der Waals surface area contributed by atoms with Crippen molar-refractivity contribution >= 4 is 23.0 Å². The van der Waals surface area contributed by atoms with Gasteiger partial charge in [-0.1, -0.05) is 31.2 Å². The molecule has 7 heteroatoms. The zero-order chi connectivity index (χ0) is 19.7. The molecular formula is C20H23F3N2OS. The molecule has 2 N–H and O–H groups in total. The maximum atomic E-state index is 12.7. The Bertz CT molecular complexity index is 750. The third-order valence-corrected chi connectivity index (χ3v) is 4.04. The first-order valence-electron chi connectivity index (χ1n) is 8.83. The van der Waals surface area contributed by atoms with Crippen molar-refractivity contribution in [1.29, 1.82) is 0 Å². The zero-order valence-electron chi connectivity index (χ0n) is 15.1. The smallest absolute Gasteiger partial charge is 0.416 e. The van der Waals surface area contributed by atoms with Gasteiger partial charge in [0.2, 0.25) is 0 Å². The molecule has 0 aromatic heterocycles. The van der Waals surface area contributed by atoms with Crippen LogP contribution >= 0.6 is 12.2 Å². The van der Waals surface area contributed by atoms with Gasteiger partial charge in [0.05, 0.1) is 12.2 Å². The predicted molar refractivity (Wildman–Crippen MR) is 106 cm³/mol. The van der Waals surface area contributed by atoms with Crippen molar-refractivity contribution in [3.05, 3.63) is 59.7 Å². The van der Waals surface area contributed by atoms with Gasteiger partial charge in [-0.25, -0.2) is 0 Å². The average Bonchev–Trinajstić information content (AvgIpc) is 2.64. The number of aryl methyl sites for hydroxylation is 1. The molecule has 0 fully saturated rings. The van der Waals surface area contributed by atoms with E-state index in [1.165, 1.54) is 6.07 Å². The second kappa shape index (κ2) is 10.2. The lowest BCUT2D eigenvalue weighted by Crippen LogP contribution is -2.29. The molecule has 0 heterocycles. The molecule has 0 bridgehead atoms. The van der Waals surface area contributed by atoms with E-state index in [9.17, 15) is 13.2 Å². The maximum Gasteiger partial charge on any atom is 0.416 e. The zero-order valence-corrected chi connectivity index (χ0v) is 15.9. The fraction of sp³-hybridized carbons (Fsp3) is 0.350. The number of ether oxygens (including phenoxy) is 1. The van der Waals surface area contributed by atoms with E-state index in [0.29, 0.717) is 24.0 Å². The molecule has 0 aliphatic carbocycles. The van der Waals surface area contributed by atoms with Crippen molar-refractivity contribution in [3.63, 3.8) is 0 Å². The number of para-hydroxylation sites is 1. The van der Waals surface area contributed by atoms with Crippen molar-refractivity contribution in [1.82, 2.24) is 5.32 Å². The highest BCUT2D eigenvalue weighted by atomic mass is 32.1. The molecule has 0 amide bonds. The van der Waals surface area contributed by atoms with Gasteiger partial charge >= 0.3 is 6.18 Å². The van der Waals surface area contributed by atoms with Crippen molar-refractivity contribution in [3.8, 4) is 5.75 Å². The minimum absolute atomic E-state index is 0.296. The molecule has 0 atom stereocenters. The minimum atomic E-state index is -4.38. The third kappa shape index (κ3) is 7.09. The monoisotopic (exact) mass is 396 g/mol. The van der Waals surface area contributed by atoms with E-state index >= 15 is 0 Å². The second-order valence-corrected chi connectivity index (χ2v) is 6.43. The van der Waals surface area contributed by atoms with Gasteiger partial charge in [0.25, 0.3) is 0 Å². The van der Waals surface area contributed by atoms with Crippen LogP contribution in [0, 0.1) is 0 Å². The fourth-order valence-corrected chi connectivity index (χ4v) is 2.71. The Kier molecular flexibility index (Phi) is 7.91. The summed E-state index contributed by atoms with van der Waals surface area (Å²) in [4.78, 5) is 0. The number of rotatable bonds is 8. The molecule has 27 heavy (non-hydrogen) atoms. The Morgan fingerprint density at radius 1 is 1.11 bits per heavy atom. The Labute approximate surface area is 162 Å². The van der Waals surface area contributed by atoms with E-state index in [0.717, 1.165) is 42.7 Å². The Morgan fingerprint density at radius 2 is 1.89 bits per heavy atom. The van der Waals surface area contributed by atoms with Gasteiger partial charge in [-0.05, 0) is 61.3 Å². The van der Waals surface area contributed by atoms with Crippen molar-refractivity contribution in [2.24, 2.45) is 0 Å². The van der Waals surface area contributed by atoms with Gasteiger partial charge < -0.3 is 15.4 Å². The lowest BCUT2D eigenvalue weighted by Gasteiger charge is -2.13. The molecule has 2 aromatic rings. The quantitative estimate of drug-likeness (QED) is 0.462. The lowest BCUT2D eigenvalue weighted by atomic mass is 10.1. The van der Waals surface area contributed by atoms with Crippen LogP contribution in [0.25, 0.3) is 0 Å². The molecule has 146 valence electrons. The summed E-state index contributed by atoms with van der Waals surface area (Å²) < 4.78 is 43.9. The van der Waals surface area contributed by atoms with Gasteiger partial charge in [0.15, 0.2) is 5.11 Å². The van der Waals surface area contributed by atoms with Crippen molar-refractivity contribution < 1.29 is 17.9 Å². The molecular weight excluding hydrogens is 373 g/mol. The number of benzene rings is 2. The molecule has 0 aliphatic rings. The Morgan fingerprint density at radius 3 is 2.63 bits per heavy atom. The molecule has 0 spiro atoms. The van der Waals surface area contributed by atoms with Crippen LogP contribution in [0.5, 0.6) is 5.75 Å². The van der Waals surface area contributed by atoms with E-state index in [-0.39, 0.29) is 0 Å². The van der Waals surface area contributed by atoms with Gasteiger partial charge in [-0.3, -0.25) is 0 Å². The predicted octanol–water partition coefficient (Wildman–Crippen LogP) is 5.41. The first kappa shape index (κ1) is 21.0. The van der Waals surface area contributed by atoms with Gasteiger partial charge in [0.1, 0.15) is 5.75 Å². The van der Waals surface area contributed by atoms with Crippen LogP contribution in [0.15, 0.2) is 48.5 Å². The Balaban J connectivity index is 1.79.